The SMILES string of the molecule is CC(C)=CCC/C(C)=C/CCP(=O)([O-])OP(=O)([O-])OP(=O)([O-])[O-].[NH4+].[NH4+].[NH4+].[NH4+]. The molecule has 0 radical (unpaired) electrons. The Kier molecular flexibility index (Phi) is 21.8. The van der Waals surface area contributed by atoms with Crippen molar-refractivity contribution in [3.63, 3.8) is 0 Å². The normalized spacial score (nSPS) is 15.4. The highest BCUT2D eigenvalue weighted by atomic mass is 31.3. The first-order chi connectivity index (χ1) is 10.2. The summed E-state index contributed by atoms with van der Waals surface area (Å²) in [6.45, 7) is 5.70. The van der Waals surface area contributed by atoms with Crippen molar-refractivity contribution >= 4 is 23.2 Å². The summed E-state index contributed by atoms with van der Waals surface area (Å²) in [6.07, 6.45) is 4.44. The van der Waals surface area contributed by atoms with Crippen molar-refractivity contribution in [3.8, 4) is 0 Å². The van der Waals surface area contributed by atoms with E-state index < -0.39 is 29.4 Å². The van der Waals surface area contributed by atoms with Gasteiger partial charge in [0.2, 0.25) is 0 Å². The van der Waals surface area contributed by atoms with Crippen molar-refractivity contribution in [3.05, 3.63) is 23.3 Å². The Morgan fingerprint density at radius 2 is 1.30 bits per heavy atom. The molecule has 27 heavy (non-hydrogen) atoms. The lowest BCUT2D eigenvalue weighted by atomic mass is 10.1. The van der Waals surface area contributed by atoms with Gasteiger partial charge in [0.15, 0.2) is 0 Å². The molecule has 0 aliphatic heterocycles. The molecule has 0 amide bonds. The van der Waals surface area contributed by atoms with Crippen molar-refractivity contribution in [1.29, 1.82) is 0 Å². The Morgan fingerprint density at radius 3 is 1.70 bits per heavy atom. The minimum atomic E-state index is -5.91. The number of hydrogen-bond acceptors (Lipinski definition) is 9. The summed E-state index contributed by atoms with van der Waals surface area (Å²) < 4.78 is 39.3. The van der Waals surface area contributed by atoms with E-state index in [2.05, 4.69) is 8.62 Å². The topological polar surface area (TPSA) is 308 Å². The zero-order chi connectivity index (χ0) is 18.3. The molecule has 0 spiro atoms. The number of hydrogen-bond donors (Lipinski definition) is 4. The van der Waals surface area contributed by atoms with Gasteiger partial charge in [-0.2, -0.15) is 0 Å². The molecule has 2 unspecified atom stereocenters. The molecule has 0 saturated heterocycles. The minimum absolute atomic E-state index is 0. The molecule has 0 aromatic heterocycles. The summed E-state index contributed by atoms with van der Waals surface area (Å²) in [5.74, 6) is 0. The molecular weight excluding hydrogens is 425 g/mol. The molecule has 16 N–H and O–H groups in total. The van der Waals surface area contributed by atoms with E-state index in [0.717, 1.165) is 17.6 Å². The van der Waals surface area contributed by atoms with Crippen LogP contribution in [0.15, 0.2) is 23.3 Å². The molecule has 0 aliphatic carbocycles. The third-order valence-corrected chi connectivity index (χ3v) is 6.61. The largest absolute Gasteiger partial charge is 0.790 e. The van der Waals surface area contributed by atoms with Crippen molar-refractivity contribution in [1.82, 2.24) is 24.6 Å². The highest BCUT2D eigenvalue weighted by molar-refractivity contribution is 7.66. The second kappa shape index (κ2) is 15.7. The van der Waals surface area contributed by atoms with Gasteiger partial charge in [-0.3, -0.25) is 13.2 Å². The van der Waals surface area contributed by atoms with Gasteiger partial charge in [0.05, 0.1) is 7.82 Å². The third kappa shape index (κ3) is 23.7. The van der Waals surface area contributed by atoms with E-state index in [9.17, 15) is 33.3 Å². The maximum Gasteiger partial charge on any atom is 0.276 e. The number of phosphoric acid groups is 2. The van der Waals surface area contributed by atoms with Crippen LogP contribution in [0.3, 0.4) is 0 Å². The molecule has 16 heteroatoms. The van der Waals surface area contributed by atoms with Crippen molar-refractivity contribution in [2.45, 2.75) is 40.0 Å². The molecule has 0 heterocycles. The zero-order valence-electron chi connectivity index (χ0n) is 17.0. The van der Waals surface area contributed by atoms with Crippen LogP contribution in [0.5, 0.6) is 0 Å². The maximum atomic E-state index is 11.4. The molecule has 0 aliphatic rings. The molecule has 0 aromatic rings. The summed E-state index contributed by atoms with van der Waals surface area (Å²) in [5.41, 5.74) is 2.07. The van der Waals surface area contributed by atoms with Crippen molar-refractivity contribution in [2.24, 2.45) is 0 Å². The molecule has 0 rings (SSSR count). The van der Waals surface area contributed by atoms with Crippen LogP contribution in [0.25, 0.3) is 0 Å². The summed E-state index contributed by atoms with van der Waals surface area (Å²) in [7, 11) is -16.6. The predicted molar refractivity (Wildman–Crippen MR) is 101 cm³/mol. The number of quaternary nitrogens is 4. The molecule has 0 saturated carbocycles. The van der Waals surface area contributed by atoms with Crippen LogP contribution in [-0.4, -0.2) is 6.16 Å². The molecule has 0 aromatic carbocycles. The first-order valence-corrected chi connectivity index (χ1v) is 11.2. The van der Waals surface area contributed by atoms with Gasteiger partial charge in [-0.25, -0.2) is 0 Å². The van der Waals surface area contributed by atoms with E-state index in [0.29, 0.717) is 6.42 Å². The lowest BCUT2D eigenvalue weighted by Gasteiger charge is -2.38. The van der Waals surface area contributed by atoms with Crippen molar-refractivity contribution in [2.75, 3.05) is 6.16 Å². The lowest BCUT2D eigenvalue weighted by molar-refractivity contribution is -0.339. The first-order valence-electron chi connectivity index (χ1n) is 6.57. The Labute approximate surface area is 160 Å². The summed E-state index contributed by atoms with van der Waals surface area (Å²) >= 11 is 0. The maximum absolute atomic E-state index is 11.4. The predicted octanol–water partition coefficient (Wildman–Crippen LogP) is 2.46. The van der Waals surface area contributed by atoms with Gasteiger partial charge in [0.1, 0.15) is 7.60 Å². The van der Waals surface area contributed by atoms with Crippen LogP contribution in [0.4, 0.5) is 0 Å². The van der Waals surface area contributed by atoms with Crippen molar-refractivity contribution < 1.29 is 41.9 Å². The molecule has 0 fully saturated rings. The molecule has 0 bridgehead atoms. The Hall–Kier alpha value is -0.230. The van der Waals surface area contributed by atoms with E-state index >= 15 is 0 Å². The highest BCUT2D eigenvalue weighted by Crippen LogP contribution is 2.60. The van der Waals surface area contributed by atoms with Crippen LogP contribution < -0.4 is 44.2 Å². The van der Waals surface area contributed by atoms with E-state index in [1.54, 1.807) is 13.0 Å². The van der Waals surface area contributed by atoms with Gasteiger partial charge in [-0.05, 0) is 40.0 Å². The fourth-order valence-electron chi connectivity index (χ4n) is 1.49. The van der Waals surface area contributed by atoms with Crippen LogP contribution in [0.1, 0.15) is 40.0 Å². The van der Waals surface area contributed by atoms with Crippen LogP contribution in [0.2, 0.25) is 0 Å². The van der Waals surface area contributed by atoms with Gasteiger partial charge >= 0.3 is 0 Å². The smallest absolute Gasteiger partial charge is 0.276 e. The summed E-state index contributed by atoms with van der Waals surface area (Å²) in [6, 6.07) is 0. The average molecular weight is 460 g/mol. The van der Waals surface area contributed by atoms with E-state index in [1.807, 2.05) is 19.9 Å². The van der Waals surface area contributed by atoms with Crippen LogP contribution in [-0.2, 0) is 22.3 Å². The quantitative estimate of drug-likeness (QED) is 0.274. The van der Waals surface area contributed by atoms with Crippen LogP contribution >= 0.6 is 23.2 Å². The molecule has 13 nitrogen and oxygen atoms in total. The first kappa shape index (κ1) is 37.5. The van der Waals surface area contributed by atoms with Gasteiger partial charge in [-0.15, -0.1) is 0 Å². The Bertz CT molecular complexity index is 602. The highest BCUT2D eigenvalue weighted by Gasteiger charge is 2.19. The summed E-state index contributed by atoms with van der Waals surface area (Å²) in [5, 5.41) is 0. The Balaban J connectivity index is -0.000000403. The fourth-order valence-corrected chi connectivity index (χ4v) is 4.85. The van der Waals surface area contributed by atoms with E-state index in [4.69, 9.17) is 0 Å². The van der Waals surface area contributed by atoms with Gasteiger partial charge in [0.25, 0.3) is 7.82 Å². The molecule has 168 valence electrons. The van der Waals surface area contributed by atoms with Crippen LogP contribution in [0, 0.1) is 0 Å². The van der Waals surface area contributed by atoms with E-state index in [1.165, 1.54) is 0 Å². The number of rotatable bonds is 10. The number of allylic oxidation sites excluding steroid dienone is 4. The van der Waals surface area contributed by atoms with E-state index in [-0.39, 0.29) is 31.0 Å². The standard InChI is InChI=1S/C11H23O9P3.4H3N/c1-10(2)6-4-7-11(3)8-5-9-21(12,13)19-23(17,18)20-22(14,15)16;;;;/h6,8H,4-5,7,9H2,1-3H3,(H,12,13)(H,17,18)(H2,14,15,16);4*1H3/b11-8+;;;;. The molecule has 2 atom stereocenters. The summed E-state index contributed by atoms with van der Waals surface area (Å²) in [4.78, 5) is 42.8. The van der Waals surface area contributed by atoms with Gasteiger partial charge in [-0.1, -0.05) is 23.3 Å². The second-order valence-electron chi connectivity index (χ2n) is 5.05. The second-order valence-corrected chi connectivity index (χ2v) is 9.82. The van der Waals surface area contributed by atoms with Gasteiger partial charge in [0, 0.05) is 6.16 Å². The third-order valence-electron chi connectivity index (χ3n) is 2.41. The Morgan fingerprint density at radius 1 is 0.815 bits per heavy atom. The fraction of sp³-hybridized carbons (Fsp3) is 0.636. The lowest BCUT2D eigenvalue weighted by Crippen LogP contribution is -2.20. The zero-order valence-corrected chi connectivity index (χ0v) is 19.7. The average Bonchev–Trinajstić information content (AvgIpc) is 2.22. The monoisotopic (exact) mass is 460 g/mol. The minimum Gasteiger partial charge on any atom is -0.790 e. The van der Waals surface area contributed by atoms with Gasteiger partial charge < -0.3 is 53.3 Å². The molecular formula is C11H35N4O9P3.